The quantitative estimate of drug-likeness (QED) is 0.551. The number of cyclic esters (lactones) is 1. The molecule has 0 radical (unpaired) electrons. The number of hydrogen-bond donors (Lipinski definition) is 1. The summed E-state index contributed by atoms with van der Waals surface area (Å²) in [5.41, 5.74) is 2.17. The maximum absolute atomic E-state index is 12.5. The molecule has 6 atom stereocenters. The largest absolute Gasteiger partial charge is 0.462 e. The van der Waals surface area contributed by atoms with Crippen LogP contribution in [-0.2, 0) is 14.3 Å². The fourth-order valence-corrected chi connectivity index (χ4v) is 6.43. The summed E-state index contributed by atoms with van der Waals surface area (Å²) in [6, 6.07) is 9.94. The van der Waals surface area contributed by atoms with E-state index in [-0.39, 0.29) is 29.8 Å². The average molecular weight is 461 g/mol. The number of anilines is 1. The molecule has 34 heavy (non-hydrogen) atoms. The normalized spacial score (nSPS) is 31.2. The number of ether oxygens (including phenoxy) is 1. The summed E-state index contributed by atoms with van der Waals surface area (Å²) in [7, 11) is 0. The first kappa shape index (κ1) is 23.1. The van der Waals surface area contributed by atoms with Gasteiger partial charge in [0.2, 0.25) is 5.91 Å². The van der Waals surface area contributed by atoms with Gasteiger partial charge in [0.05, 0.1) is 17.1 Å². The highest BCUT2D eigenvalue weighted by molar-refractivity contribution is 5.96. The van der Waals surface area contributed by atoms with Gasteiger partial charge in [0.25, 0.3) is 0 Å². The number of nitrogens with zero attached hydrogens (tertiary/aromatic N) is 1. The molecule has 1 amide bonds. The minimum Gasteiger partial charge on any atom is -0.462 e. The predicted octanol–water partition coefficient (Wildman–Crippen LogP) is 6.24. The molecule has 1 N–H and O–H groups in total. The molecule has 1 aromatic heterocycles. The highest BCUT2D eigenvalue weighted by Gasteiger charge is 2.53. The smallest absolute Gasteiger partial charge is 0.309 e. The number of carbonyl (C=O) groups excluding carboxylic acids is 2. The Morgan fingerprint density at radius 3 is 2.74 bits per heavy atom. The van der Waals surface area contributed by atoms with Crippen molar-refractivity contribution in [2.75, 3.05) is 5.32 Å². The molecular weight excluding hydrogens is 424 g/mol. The summed E-state index contributed by atoms with van der Waals surface area (Å²) in [6.07, 6.45) is 10.5. The Morgan fingerprint density at radius 1 is 1.15 bits per heavy atom. The van der Waals surface area contributed by atoms with E-state index in [9.17, 15) is 9.59 Å². The number of pyridine rings is 1. The molecule has 2 aliphatic carbocycles. The van der Waals surface area contributed by atoms with Gasteiger partial charge in [0.15, 0.2) is 0 Å². The van der Waals surface area contributed by atoms with Crippen LogP contribution in [0.4, 0.5) is 5.69 Å². The number of aromatic nitrogens is 1. The van der Waals surface area contributed by atoms with Crippen molar-refractivity contribution in [3.05, 3.63) is 42.1 Å². The molecule has 1 aliphatic heterocycles. The van der Waals surface area contributed by atoms with Crippen LogP contribution in [0.2, 0.25) is 0 Å². The second kappa shape index (κ2) is 8.83. The molecule has 1 saturated heterocycles. The van der Waals surface area contributed by atoms with E-state index in [1.807, 2.05) is 45.0 Å². The van der Waals surface area contributed by atoms with Gasteiger partial charge in [-0.2, -0.15) is 0 Å². The first-order chi connectivity index (χ1) is 16.2. The zero-order valence-electron chi connectivity index (χ0n) is 20.7. The summed E-state index contributed by atoms with van der Waals surface area (Å²) in [5, 5.41) is 3.99. The molecule has 5 nitrogen and oxygen atoms in total. The van der Waals surface area contributed by atoms with E-state index < -0.39 is 5.41 Å². The lowest BCUT2D eigenvalue weighted by Gasteiger charge is -2.45. The molecule has 2 saturated carbocycles. The Bertz CT molecular complexity index is 1130. The number of hydrogen-bond acceptors (Lipinski definition) is 4. The summed E-state index contributed by atoms with van der Waals surface area (Å²) in [6.45, 7) is 7.78. The molecule has 3 fully saturated rings. The highest BCUT2D eigenvalue weighted by Crippen LogP contribution is 2.53. The lowest BCUT2D eigenvalue weighted by molar-refractivity contribution is -0.144. The fourth-order valence-electron chi connectivity index (χ4n) is 6.43. The molecular formula is C29H36N2O3. The van der Waals surface area contributed by atoms with Crippen LogP contribution in [0.3, 0.4) is 0 Å². The summed E-state index contributed by atoms with van der Waals surface area (Å²) >= 11 is 0. The van der Waals surface area contributed by atoms with Gasteiger partial charge in [-0.15, -0.1) is 0 Å². The number of nitrogens with one attached hydrogen (secondary N) is 1. The summed E-state index contributed by atoms with van der Waals surface area (Å²) < 4.78 is 5.70. The maximum atomic E-state index is 12.5. The SMILES string of the molecule is C[C@H]1OC(=O)[C@@H]2C[C@@H]3CCCC[C@H]3[C@H](/C=C/c3ccc4cc(NC(=O)C(C)(C)C)ccc4n3)[C@H]12. The van der Waals surface area contributed by atoms with E-state index in [2.05, 4.69) is 30.5 Å². The fraction of sp³-hybridized carbons (Fsp3) is 0.552. The molecule has 5 rings (SSSR count). The average Bonchev–Trinajstić information content (AvgIpc) is 3.09. The molecule has 0 unspecified atom stereocenters. The van der Waals surface area contributed by atoms with Crippen molar-refractivity contribution in [3.63, 3.8) is 0 Å². The Kier molecular flexibility index (Phi) is 5.99. The van der Waals surface area contributed by atoms with Gasteiger partial charge in [-0.05, 0) is 67.9 Å². The molecule has 1 aromatic carbocycles. The zero-order chi connectivity index (χ0) is 24.0. The molecule has 2 aromatic rings. The van der Waals surface area contributed by atoms with Crippen molar-refractivity contribution >= 4 is 34.5 Å². The predicted molar refractivity (Wildman–Crippen MR) is 135 cm³/mol. The topological polar surface area (TPSA) is 68.3 Å². The minimum absolute atomic E-state index is 0.00484. The van der Waals surface area contributed by atoms with Crippen LogP contribution in [0, 0.1) is 35.0 Å². The van der Waals surface area contributed by atoms with Crippen LogP contribution in [0.25, 0.3) is 17.0 Å². The lowest BCUT2D eigenvalue weighted by atomic mass is 9.57. The van der Waals surface area contributed by atoms with E-state index in [4.69, 9.17) is 9.72 Å². The molecule has 180 valence electrons. The Hall–Kier alpha value is -2.69. The Morgan fingerprint density at radius 2 is 1.94 bits per heavy atom. The molecule has 0 bridgehead atoms. The van der Waals surface area contributed by atoms with Gasteiger partial charge in [-0.3, -0.25) is 9.59 Å². The second-order valence-corrected chi connectivity index (χ2v) is 11.6. The van der Waals surface area contributed by atoms with Crippen molar-refractivity contribution < 1.29 is 14.3 Å². The zero-order valence-corrected chi connectivity index (χ0v) is 20.7. The van der Waals surface area contributed by atoms with Crippen molar-refractivity contribution in [2.24, 2.45) is 35.0 Å². The number of fused-ring (bicyclic) bond motifs is 3. The molecule has 3 aliphatic rings. The third-order valence-corrected chi connectivity index (χ3v) is 8.21. The first-order valence-corrected chi connectivity index (χ1v) is 12.8. The maximum Gasteiger partial charge on any atom is 0.309 e. The summed E-state index contributed by atoms with van der Waals surface area (Å²) in [5.74, 6) is 1.96. The van der Waals surface area contributed by atoms with Gasteiger partial charge in [0.1, 0.15) is 6.10 Å². The van der Waals surface area contributed by atoms with Gasteiger partial charge < -0.3 is 10.1 Å². The van der Waals surface area contributed by atoms with Gasteiger partial charge in [-0.25, -0.2) is 4.98 Å². The first-order valence-electron chi connectivity index (χ1n) is 12.8. The molecule has 2 heterocycles. The Balaban J connectivity index is 1.38. The van der Waals surface area contributed by atoms with E-state index in [0.717, 1.165) is 28.7 Å². The number of carbonyl (C=O) groups is 2. The van der Waals surface area contributed by atoms with Crippen LogP contribution >= 0.6 is 0 Å². The second-order valence-electron chi connectivity index (χ2n) is 11.6. The Labute approximate surface area is 202 Å². The highest BCUT2D eigenvalue weighted by atomic mass is 16.6. The number of esters is 1. The van der Waals surface area contributed by atoms with Crippen LogP contribution in [0.1, 0.15) is 65.5 Å². The van der Waals surface area contributed by atoms with Gasteiger partial charge in [0, 0.05) is 22.4 Å². The van der Waals surface area contributed by atoms with Crippen molar-refractivity contribution in [3.8, 4) is 0 Å². The van der Waals surface area contributed by atoms with Crippen LogP contribution < -0.4 is 5.32 Å². The van der Waals surface area contributed by atoms with Gasteiger partial charge in [-0.1, -0.05) is 52.2 Å². The monoisotopic (exact) mass is 460 g/mol. The number of allylic oxidation sites excluding steroid dienone is 1. The third kappa shape index (κ3) is 4.37. The number of benzene rings is 1. The van der Waals surface area contributed by atoms with Crippen LogP contribution in [0.5, 0.6) is 0 Å². The van der Waals surface area contributed by atoms with Crippen molar-refractivity contribution in [2.45, 2.75) is 65.9 Å². The van der Waals surface area contributed by atoms with E-state index in [1.54, 1.807) is 0 Å². The number of amides is 1. The van der Waals surface area contributed by atoms with E-state index in [1.165, 1.54) is 25.7 Å². The van der Waals surface area contributed by atoms with Crippen molar-refractivity contribution in [1.82, 2.24) is 4.98 Å². The standard InChI is InChI=1S/C29H36N2O3/c1-17-26-23(22-8-6-5-7-18(22)16-24(26)27(32)34-17)13-11-20-10-9-19-15-21(12-14-25(19)30-20)31-28(33)29(2,3)4/h9-15,17-18,22-24,26H,5-8,16H2,1-4H3,(H,31,33)/b13-11+/t17-,18+,22-,23+,24-,26+/m1/s1. The molecule has 0 spiro atoms. The van der Waals surface area contributed by atoms with E-state index in [0.29, 0.717) is 17.8 Å². The molecule has 5 heteroatoms. The van der Waals surface area contributed by atoms with Crippen LogP contribution in [-0.4, -0.2) is 23.0 Å². The van der Waals surface area contributed by atoms with Crippen LogP contribution in [0.15, 0.2) is 36.4 Å². The van der Waals surface area contributed by atoms with Gasteiger partial charge >= 0.3 is 5.97 Å². The van der Waals surface area contributed by atoms with Crippen molar-refractivity contribution in [1.29, 1.82) is 0 Å². The number of rotatable bonds is 3. The summed E-state index contributed by atoms with van der Waals surface area (Å²) in [4.78, 5) is 29.7. The third-order valence-electron chi connectivity index (χ3n) is 8.21. The lowest BCUT2D eigenvalue weighted by Crippen LogP contribution is -2.42. The van der Waals surface area contributed by atoms with E-state index >= 15 is 0 Å². The minimum atomic E-state index is -0.441.